The Kier molecular flexibility index (Phi) is 5.88. The van der Waals surface area contributed by atoms with Gasteiger partial charge in [0.25, 0.3) is 0 Å². The molecule has 0 aliphatic carbocycles. The van der Waals surface area contributed by atoms with Gasteiger partial charge in [0.2, 0.25) is 5.91 Å². The van der Waals surface area contributed by atoms with Gasteiger partial charge >= 0.3 is 6.55 Å². The Morgan fingerprint density at radius 2 is 2.20 bits per heavy atom. The average molecular weight is 288 g/mol. The molecule has 112 valence electrons. The van der Waals surface area contributed by atoms with Crippen LogP contribution in [-0.2, 0) is 11.3 Å². The number of amides is 1. The predicted octanol–water partition coefficient (Wildman–Crippen LogP) is 0.0314. The number of hydrogen-bond acceptors (Lipinski definition) is 3. The number of likely N-dealkylation sites (N-methyl/N-ethyl adjacent to an activating group) is 1. The van der Waals surface area contributed by atoms with Gasteiger partial charge in [-0.2, -0.15) is 8.78 Å². The molecule has 0 bridgehead atoms. The summed E-state index contributed by atoms with van der Waals surface area (Å²) in [7, 11) is 4.80. The van der Waals surface area contributed by atoms with Gasteiger partial charge in [0, 0.05) is 33.5 Å². The van der Waals surface area contributed by atoms with E-state index < -0.39 is 6.55 Å². The molecule has 2 N–H and O–H groups in total. The molecule has 1 rings (SSSR count). The molecule has 0 radical (unpaired) electrons. The second-order valence-electron chi connectivity index (χ2n) is 4.10. The number of rotatable bonds is 5. The van der Waals surface area contributed by atoms with Crippen LogP contribution in [0.1, 0.15) is 12.4 Å². The standard InChI is InChI=1S/C11H18F2N6O/c1-14-11(17-7-9(20)18(2)3)16-6-8-15-4-5-19(8)10(12)13/h4-5,10H,6-7H2,1-3H3,(H2,14,16,17). The maximum absolute atomic E-state index is 12.6. The Labute approximate surface area is 115 Å². The van der Waals surface area contributed by atoms with Crippen LogP contribution < -0.4 is 10.6 Å². The second kappa shape index (κ2) is 7.41. The summed E-state index contributed by atoms with van der Waals surface area (Å²) in [6.07, 6.45) is 2.50. The van der Waals surface area contributed by atoms with Crippen molar-refractivity contribution in [2.75, 3.05) is 27.7 Å². The van der Waals surface area contributed by atoms with E-state index in [9.17, 15) is 13.6 Å². The van der Waals surface area contributed by atoms with Crippen LogP contribution in [0.15, 0.2) is 17.4 Å². The Morgan fingerprint density at radius 1 is 1.50 bits per heavy atom. The number of guanidine groups is 1. The van der Waals surface area contributed by atoms with Crippen LogP contribution in [0.4, 0.5) is 8.78 Å². The van der Waals surface area contributed by atoms with E-state index in [-0.39, 0.29) is 24.8 Å². The molecule has 0 atom stereocenters. The fraction of sp³-hybridized carbons (Fsp3) is 0.545. The monoisotopic (exact) mass is 288 g/mol. The number of carbonyl (C=O) groups is 1. The van der Waals surface area contributed by atoms with Crippen LogP contribution in [0, 0.1) is 0 Å². The number of halogens is 2. The van der Waals surface area contributed by atoms with Gasteiger partial charge in [-0.1, -0.05) is 0 Å². The van der Waals surface area contributed by atoms with Crippen LogP contribution in [0.25, 0.3) is 0 Å². The molecule has 0 aromatic carbocycles. The number of alkyl halides is 2. The first-order valence-corrected chi connectivity index (χ1v) is 5.90. The van der Waals surface area contributed by atoms with Gasteiger partial charge in [-0.25, -0.2) is 4.98 Å². The van der Waals surface area contributed by atoms with Crippen molar-refractivity contribution < 1.29 is 13.6 Å². The third kappa shape index (κ3) is 4.48. The Hall–Kier alpha value is -2.19. The lowest BCUT2D eigenvalue weighted by Crippen LogP contribution is -2.42. The Bertz CT molecular complexity index is 471. The van der Waals surface area contributed by atoms with Gasteiger partial charge in [-0.15, -0.1) is 0 Å². The number of aromatic nitrogens is 2. The first-order chi connectivity index (χ1) is 9.45. The smallest absolute Gasteiger partial charge is 0.319 e. The number of imidazole rings is 1. The fourth-order valence-electron chi connectivity index (χ4n) is 1.36. The van der Waals surface area contributed by atoms with E-state index in [4.69, 9.17) is 0 Å². The summed E-state index contributed by atoms with van der Waals surface area (Å²) in [4.78, 5) is 20.6. The van der Waals surface area contributed by atoms with Gasteiger partial charge in [0.15, 0.2) is 5.96 Å². The molecule has 0 fully saturated rings. The molecule has 0 saturated carbocycles. The molecule has 1 aromatic rings. The van der Waals surface area contributed by atoms with Crippen molar-refractivity contribution in [2.24, 2.45) is 4.99 Å². The molecule has 0 aliphatic rings. The highest BCUT2D eigenvalue weighted by Gasteiger charge is 2.12. The molecule has 1 heterocycles. The summed E-state index contributed by atoms with van der Waals surface area (Å²) in [6.45, 7) is -2.50. The average Bonchev–Trinajstić information content (AvgIpc) is 2.87. The van der Waals surface area contributed by atoms with E-state index >= 15 is 0 Å². The first-order valence-electron chi connectivity index (χ1n) is 5.90. The maximum Gasteiger partial charge on any atom is 0.319 e. The molecule has 0 saturated heterocycles. The lowest BCUT2D eigenvalue weighted by Gasteiger charge is -2.14. The van der Waals surface area contributed by atoms with Crippen molar-refractivity contribution >= 4 is 11.9 Å². The molecule has 1 amide bonds. The summed E-state index contributed by atoms with van der Waals surface area (Å²) in [6, 6.07) is 0. The predicted molar refractivity (Wildman–Crippen MR) is 70.4 cm³/mol. The van der Waals surface area contributed by atoms with Crippen molar-refractivity contribution in [3.63, 3.8) is 0 Å². The highest BCUT2D eigenvalue weighted by molar-refractivity contribution is 5.86. The summed E-state index contributed by atoms with van der Waals surface area (Å²) >= 11 is 0. The van der Waals surface area contributed by atoms with Crippen molar-refractivity contribution in [1.29, 1.82) is 0 Å². The van der Waals surface area contributed by atoms with E-state index in [1.54, 1.807) is 14.1 Å². The van der Waals surface area contributed by atoms with E-state index in [1.807, 2.05) is 0 Å². The fourth-order valence-corrected chi connectivity index (χ4v) is 1.36. The van der Waals surface area contributed by atoms with Gasteiger partial charge in [-0.05, 0) is 0 Å². The van der Waals surface area contributed by atoms with Crippen LogP contribution in [0.5, 0.6) is 0 Å². The lowest BCUT2D eigenvalue weighted by atomic mass is 10.5. The Morgan fingerprint density at radius 3 is 2.75 bits per heavy atom. The molecule has 7 nitrogen and oxygen atoms in total. The molecule has 0 aliphatic heterocycles. The number of hydrogen-bond donors (Lipinski definition) is 2. The van der Waals surface area contributed by atoms with Crippen LogP contribution in [-0.4, -0.2) is 54.0 Å². The van der Waals surface area contributed by atoms with Crippen molar-refractivity contribution in [1.82, 2.24) is 25.1 Å². The summed E-state index contributed by atoms with van der Waals surface area (Å²) in [5.41, 5.74) is 0. The van der Waals surface area contributed by atoms with Gasteiger partial charge in [0.1, 0.15) is 5.82 Å². The summed E-state index contributed by atoms with van der Waals surface area (Å²) in [5, 5.41) is 5.60. The molecule has 0 spiro atoms. The largest absolute Gasteiger partial charge is 0.349 e. The molecule has 1 aromatic heterocycles. The zero-order chi connectivity index (χ0) is 15.1. The molecular formula is C11H18F2N6O. The lowest BCUT2D eigenvalue weighted by molar-refractivity contribution is -0.127. The summed E-state index contributed by atoms with van der Waals surface area (Å²) < 4.78 is 26.0. The van der Waals surface area contributed by atoms with Crippen LogP contribution >= 0.6 is 0 Å². The minimum Gasteiger partial charge on any atom is -0.349 e. The quantitative estimate of drug-likeness (QED) is 0.592. The molecule has 20 heavy (non-hydrogen) atoms. The first kappa shape index (κ1) is 15.9. The van der Waals surface area contributed by atoms with Gasteiger partial charge < -0.3 is 15.5 Å². The van der Waals surface area contributed by atoms with Crippen LogP contribution in [0.2, 0.25) is 0 Å². The van der Waals surface area contributed by atoms with E-state index in [0.29, 0.717) is 5.96 Å². The van der Waals surface area contributed by atoms with E-state index in [1.165, 1.54) is 24.3 Å². The highest BCUT2D eigenvalue weighted by atomic mass is 19.3. The molecular weight excluding hydrogens is 270 g/mol. The normalized spacial score (nSPS) is 11.6. The van der Waals surface area contributed by atoms with Gasteiger partial charge in [-0.3, -0.25) is 14.4 Å². The SMILES string of the molecule is CN=C(NCC(=O)N(C)C)NCc1nccn1C(F)F. The van der Waals surface area contributed by atoms with Crippen molar-refractivity contribution in [2.45, 2.75) is 13.1 Å². The van der Waals surface area contributed by atoms with E-state index in [2.05, 4.69) is 20.6 Å². The van der Waals surface area contributed by atoms with Crippen molar-refractivity contribution in [3.05, 3.63) is 18.2 Å². The third-order valence-electron chi connectivity index (χ3n) is 2.50. The minimum atomic E-state index is -2.64. The topological polar surface area (TPSA) is 74.6 Å². The van der Waals surface area contributed by atoms with Crippen molar-refractivity contribution in [3.8, 4) is 0 Å². The highest BCUT2D eigenvalue weighted by Crippen LogP contribution is 2.11. The number of nitrogens with zero attached hydrogens (tertiary/aromatic N) is 4. The zero-order valence-corrected chi connectivity index (χ0v) is 11.6. The maximum atomic E-state index is 12.6. The third-order valence-corrected chi connectivity index (χ3v) is 2.50. The molecule has 9 heteroatoms. The van der Waals surface area contributed by atoms with Gasteiger partial charge in [0.05, 0.1) is 13.1 Å². The number of nitrogens with one attached hydrogen (secondary N) is 2. The minimum absolute atomic E-state index is 0.0654. The van der Waals surface area contributed by atoms with E-state index in [0.717, 1.165) is 4.57 Å². The zero-order valence-electron chi connectivity index (χ0n) is 11.6. The number of carbonyl (C=O) groups excluding carboxylic acids is 1. The summed E-state index contributed by atoms with van der Waals surface area (Å²) in [5.74, 6) is 0.396. The molecule has 0 unspecified atom stereocenters. The second-order valence-corrected chi connectivity index (χ2v) is 4.10. The number of aliphatic imine (C=N–C) groups is 1. The van der Waals surface area contributed by atoms with Crippen LogP contribution in [0.3, 0.4) is 0 Å². The Balaban J connectivity index is 2.50.